The zero-order valence-electron chi connectivity index (χ0n) is 15.2. The zero-order chi connectivity index (χ0) is 19.8. The second kappa shape index (κ2) is 9.24. The van der Waals surface area contributed by atoms with E-state index < -0.39 is 0 Å². The minimum Gasteiger partial charge on any atom is -0.508 e. The Morgan fingerprint density at radius 3 is 1.89 bits per heavy atom. The molecule has 0 spiro atoms. The van der Waals surface area contributed by atoms with Crippen molar-refractivity contribution in [3.8, 4) is 17.0 Å². The molecule has 0 aliphatic carbocycles. The topological polar surface area (TPSA) is 67.3 Å². The van der Waals surface area contributed by atoms with Gasteiger partial charge in [0.1, 0.15) is 5.75 Å². The number of nitrogens with zero attached hydrogens (tertiary/aromatic N) is 1. The number of ketones is 2. The predicted molar refractivity (Wildman–Crippen MR) is 110 cm³/mol. The van der Waals surface area contributed by atoms with Gasteiger partial charge in [0.05, 0.1) is 12.1 Å². The number of hydrogen-bond acceptors (Lipinski definition) is 4. The first-order chi connectivity index (χ1) is 13.6. The van der Waals surface area contributed by atoms with Gasteiger partial charge in [-0.05, 0) is 47.5 Å². The predicted octanol–water partition coefficient (Wildman–Crippen LogP) is 4.71. The Bertz CT molecular complexity index is 1000. The first-order valence-corrected chi connectivity index (χ1v) is 8.82. The summed E-state index contributed by atoms with van der Waals surface area (Å²) in [5.41, 5.74) is 3.54. The number of aromatic nitrogens is 1. The zero-order valence-corrected chi connectivity index (χ0v) is 15.2. The summed E-state index contributed by atoms with van der Waals surface area (Å²) in [4.78, 5) is 28.2. The van der Waals surface area contributed by atoms with Crippen molar-refractivity contribution >= 4 is 23.7 Å². The van der Waals surface area contributed by atoms with Crippen molar-refractivity contribution in [2.75, 3.05) is 0 Å². The summed E-state index contributed by atoms with van der Waals surface area (Å²) in [6, 6.07) is 19.9. The standard InChI is InChI=1S/C24H19NO3/c26-21-12-6-19(7-13-21)9-15-23(28)17-22(27)14-8-18-4-10-20(11-5-18)24-3-1-2-16-25-24/h1-16,26H,17H2/b14-8+,15-9+. The van der Waals surface area contributed by atoms with Gasteiger partial charge in [0.15, 0.2) is 11.6 Å². The molecule has 3 rings (SSSR count). The van der Waals surface area contributed by atoms with E-state index in [4.69, 9.17) is 0 Å². The lowest BCUT2D eigenvalue weighted by atomic mass is 10.1. The number of carbonyl (C=O) groups excluding carboxylic acids is 2. The van der Waals surface area contributed by atoms with Gasteiger partial charge in [0, 0.05) is 11.8 Å². The van der Waals surface area contributed by atoms with Crippen molar-refractivity contribution in [2.24, 2.45) is 0 Å². The van der Waals surface area contributed by atoms with Crippen LogP contribution in [0.25, 0.3) is 23.4 Å². The average Bonchev–Trinajstić information content (AvgIpc) is 2.73. The summed E-state index contributed by atoms with van der Waals surface area (Å²) in [7, 11) is 0. The Morgan fingerprint density at radius 1 is 0.786 bits per heavy atom. The molecule has 0 fully saturated rings. The lowest BCUT2D eigenvalue weighted by Gasteiger charge is -2.00. The molecule has 0 aliphatic rings. The van der Waals surface area contributed by atoms with Crippen LogP contribution in [0, 0.1) is 0 Å². The SMILES string of the molecule is O=C(/C=C/c1ccc(O)cc1)CC(=O)/C=C/c1ccc(-c2ccccn2)cc1. The monoisotopic (exact) mass is 369 g/mol. The van der Waals surface area contributed by atoms with Crippen molar-refractivity contribution in [3.05, 3.63) is 96.2 Å². The summed E-state index contributed by atoms with van der Waals surface area (Å²) < 4.78 is 0. The molecule has 0 atom stereocenters. The van der Waals surface area contributed by atoms with Crippen LogP contribution in [-0.4, -0.2) is 21.7 Å². The largest absolute Gasteiger partial charge is 0.508 e. The van der Waals surface area contributed by atoms with E-state index in [0.717, 1.165) is 22.4 Å². The van der Waals surface area contributed by atoms with Gasteiger partial charge in [-0.3, -0.25) is 14.6 Å². The summed E-state index contributed by atoms with van der Waals surface area (Å²) >= 11 is 0. The molecule has 0 amide bonds. The Labute approximate surface area is 163 Å². The number of rotatable bonds is 7. The number of benzene rings is 2. The molecule has 0 unspecified atom stereocenters. The number of aromatic hydroxyl groups is 1. The first kappa shape index (κ1) is 19.0. The molecule has 3 aromatic rings. The lowest BCUT2D eigenvalue weighted by molar-refractivity contribution is -0.121. The quantitative estimate of drug-likeness (QED) is 0.484. The Balaban J connectivity index is 1.54. The van der Waals surface area contributed by atoms with Crippen LogP contribution < -0.4 is 0 Å². The number of carbonyl (C=O) groups is 2. The van der Waals surface area contributed by atoms with Crippen molar-refractivity contribution in [1.29, 1.82) is 0 Å². The first-order valence-electron chi connectivity index (χ1n) is 8.82. The molecule has 0 saturated heterocycles. The fourth-order valence-electron chi connectivity index (χ4n) is 2.55. The smallest absolute Gasteiger partial charge is 0.163 e. The molecule has 0 radical (unpaired) electrons. The summed E-state index contributed by atoms with van der Waals surface area (Å²) in [5, 5.41) is 9.23. The van der Waals surface area contributed by atoms with Gasteiger partial charge >= 0.3 is 0 Å². The summed E-state index contributed by atoms with van der Waals surface area (Å²) in [5.74, 6) is -0.362. The third-order valence-electron chi connectivity index (χ3n) is 4.04. The second-order valence-electron chi connectivity index (χ2n) is 6.20. The van der Waals surface area contributed by atoms with Crippen molar-refractivity contribution in [2.45, 2.75) is 6.42 Å². The van der Waals surface area contributed by atoms with E-state index in [0.29, 0.717) is 0 Å². The van der Waals surface area contributed by atoms with Crippen LogP contribution in [0.5, 0.6) is 5.75 Å². The van der Waals surface area contributed by atoms with Gasteiger partial charge in [-0.25, -0.2) is 0 Å². The minimum absolute atomic E-state index is 0.164. The molecule has 1 N–H and O–H groups in total. The van der Waals surface area contributed by atoms with Crippen LogP contribution in [-0.2, 0) is 9.59 Å². The van der Waals surface area contributed by atoms with E-state index >= 15 is 0 Å². The molecule has 2 aromatic carbocycles. The van der Waals surface area contributed by atoms with Crippen LogP contribution in [0.2, 0.25) is 0 Å². The minimum atomic E-state index is -0.270. The molecule has 0 aliphatic heterocycles. The molecule has 0 bridgehead atoms. The molecular formula is C24H19NO3. The lowest BCUT2D eigenvalue weighted by Crippen LogP contribution is -2.01. The second-order valence-corrected chi connectivity index (χ2v) is 6.20. The Kier molecular flexibility index (Phi) is 6.26. The highest BCUT2D eigenvalue weighted by Crippen LogP contribution is 2.17. The van der Waals surface area contributed by atoms with Gasteiger partial charge in [-0.15, -0.1) is 0 Å². The maximum Gasteiger partial charge on any atom is 0.163 e. The molecule has 0 saturated carbocycles. The van der Waals surface area contributed by atoms with Crippen LogP contribution >= 0.6 is 0 Å². The third kappa shape index (κ3) is 5.61. The fraction of sp³-hybridized carbons (Fsp3) is 0.0417. The Hall–Kier alpha value is -3.79. The maximum absolute atomic E-state index is 12.0. The highest BCUT2D eigenvalue weighted by molar-refractivity contribution is 6.10. The van der Waals surface area contributed by atoms with Crippen molar-refractivity contribution in [1.82, 2.24) is 4.98 Å². The van der Waals surface area contributed by atoms with Crippen LogP contribution in [0.3, 0.4) is 0 Å². The van der Waals surface area contributed by atoms with Crippen LogP contribution in [0.1, 0.15) is 17.5 Å². The molecule has 28 heavy (non-hydrogen) atoms. The molecule has 1 aromatic heterocycles. The van der Waals surface area contributed by atoms with Gasteiger partial charge in [0.2, 0.25) is 0 Å². The van der Waals surface area contributed by atoms with E-state index in [1.807, 2.05) is 42.5 Å². The van der Waals surface area contributed by atoms with Gasteiger partial charge < -0.3 is 5.11 Å². The molecule has 4 heteroatoms. The molecule has 1 heterocycles. The van der Waals surface area contributed by atoms with E-state index in [1.54, 1.807) is 30.5 Å². The molecule has 4 nitrogen and oxygen atoms in total. The summed E-state index contributed by atoms with van der Waals surface area (Å²) in [6.45, 7) is 0. The van der Waals surface area contributed by atoms with Crippen LogP contribution in [0.4, 0.5) is 0 Å². The number of pyridine rings is 1. The van der Waals surface area contributed by atoms with Gasteiger partial charge in [0.25, 0.3) is 0 Å². The number of allylic oxidation sites excluding steroid dienone is 2. The number of phenols is 1. The fourth-order valence-corrected chi connectivity index (χ4v) is 2.55. The van der Waals surface area contributed by atoms with Crippen LogP contribution in [0.15, 0.2) is 85.1 Å². The maximum atomic E-state index is 12.0. The van der Waals surface area contributed by atoms with E-state index in [2.05, 4.69) is 4.98 Å². The average molecular weight is 369 g/mol. The van der Waals surface area contributed by atoms with Gasteiger partial charge in [-0.2, -0.15) is 0 Å². The van der Waals surface area contributed by atoms with E-state index in [9.17, 15) is 14.7 Å². The van der Waals surface area contributed by atoms with E-state index in [-0.39, 0.29) is 23.7 Å². The normalized spacial score (nSPS) is 11.1. The highest BCUT2D eigenvalue weighted by atomic mass is 16.3. The van der Waals surface area contributed by atoms with Crippen molar-refractivity contribution in [3.63, 3.8) is 0 Å². The molecular weight excluding hydrogens is 350 g/mol. The number of phenolic OH excluding ortho intramolecular Hbond substituents is 1. The van der Waals surface area contributed by atoms with Gasteiger partial charge in [-0.1, -0.05) is 54.6 Å². The third-order valence-corrected chi connectivity index (χ3v) is 4.04. The Morgan fingerprint density at radius 2 is 1.36 bits per heavy atom. The van der Waals surface area contributed by atoms with E-state index in [1.165, 1.54) is 24.3 Å². The highest BCUT2D eigenvalue weighted by Gasteiger charge is 2.04. The summed E-state index contributed by atoms with van der Waals surface area (Å²) in [6.07, 6.45) is 7.67. The molecule has 138 valence electrons. The number of hydrogen-bond donors (Lipinski definition) is 1. The van der Waals surface area contributed by atoms with Crippen molar-refractivity contribution < 1.29 is 14.7 Å².